The largest absolute Gasteiger partial charge is 0.373 e. The summed E-state index contributed by atoms with van der Waals surface area (Å²) >= 11 is 5.32. The van der Waals surface area contributed by atoms with E-state index >= 15 is 0 Å². The zero-order chi connectivity index (χ0) is 13.3. The molecule has 1 N–H and O–H groups in total. The standard InChI is InChI=1S/C13H16N4OS/c1-13(6-4-8-18-13)9-17-11(15-16-12(17)19)10-5-2-3-7-14-10/h2-3,5,7H,4,6,8-9H2,1H3,(H,16,19). The molecular weight excluding hydrogens is 260 g/mol. The fourth-order valence-electron chi connectivity index (χ4n) is 2.45. The summed E-state index contributed by atoms with van der Waals surface area (Å²) in [6, 6.07) is 5.76. The number of rotatable bonds is 3. The van der Waals surface area contributed by atoms with E-state index in [1.807, 2.05) is 22.8 Å². The minimum atomic E-state index is -0.161. The van der Waals surface area contributed by atoms with Crippen molar-refractivity contribution in [1.29, 1.82) is 0 Å². The van der Waals surface area contributed by atoms with E-state index in [1.54, 1.807) is 6.20 Å². The first kappa shape index (κ1) is 12.5. The van der Waals surface area contributed by atoms with Gasteiger partial charge in [0, 0.05) is 12.8 Å². The molecule has 1 saturated heterocycles. The molecule has 0 saturated carbocycles. The first-order valence-corrected chi connectivity index (χ1v) is 6.79. The molecule has 1 atom stereocenters. The Labute approximate surface area is 116 Å². The molecule has 5 nitrogen and oxygen atoms in total. The molecule has 1 aliphatic rings. The van der Waals surface area contributed by atoms with E-state index in [2.05, 4.69) is 22.1 Å². The highest BCUT2D eigenvalue weighted by Crippen LogP contribution is 2.28. The third-order valence-electron chi connectivity index (χ3n) is 3.45. The molecule has 0 spiro atoms. The first-order chi connectivity index (χ1) is 9.18. The predicted molar refractivity (Wildman–Crippen MR) is 74.2 cm³/mol. The maximum atomic E-state index is 5.83. The Morgan fingerprint density at radius 2 is 2.42 bits per heavy atom. The molecule has 0 aromatic carbocycles. The zero-order valence-electron chi connectivity index (χ0n) is 10.8. The third-order valence-corrected chi connectivity index (χ3v) is 3.76. The number of H-pyrrole nitrogens is 1. The zero-order valence-corrected chi connectivity index (χ0v) is 11.6. The lowest BCUT2D eigenvalue weighted by atomic mass is 10.0. The molecule has 3 heterocycles. The summed E-state index contributed by atoms with van der Waals surface area (Å²) in [5.41, 5.74) is 0.655. The number of ether oxygens (including phenoxy) is 1. The third kappa shape index (κ3) is 2.46. The molecule has 1 aliphatic heterocycles. The van der Waals surface area contributed by atoms with Gasteiger partial charge in [0.05, 0.1) is 12.1 Å². The van der Waals surface area contributed by atoms with Gasteiger partial charge in [0.1, 0.15) is 5.69 Å². The van der Waals surface area contributed by atoms with Crippen molar-refractivity contribution < 1.29 is 4.74 Å². The lowest BCUT2D eigenvalue weighted by Gasteiger charge is -2.24. The van der Waals surface area contributed by atoms with Gasteiger partial charge in [-0.25, -0.2) is 0 Å². The van der Waals surface area contributed by atoms with Crippen LogP contribution in [-0.4, -0.2) is 32.0 Å². The highest BCUT2D eigenvalue weighted by atomic mass is 32.1. The van der Waals surface area contributed by atoms with Crippen LogP contribution >= 0.6 is 12.2 Å². The lowest BCUT2D eigenvalue weighted by Crippen LogP contribution is -2.30. The van der Waals surface area contributed by atoms with Crippen LogP contribution in [0.5, 0.6) is 0 Å². The van der Waals surface area contributed by atoms with Crippen LogP contribution in [-0.2, 0) is 11.3 Å². The maximum Gasteiger partial charge on any atom is 0.195 e. The fraction of sp³-hybridized carbons (Fsp3) is 0.462. The number of hydrogen-bond acceptors (Lipinski definition) is 4. The molecule has 0 amide bonds. The van der Waals surface area contributed by atoms with Crippen molar-refractivity contribution in [3.63, 3.8) is 0 Å². The van der Waals surface area contributed by atoms with Crippen molar-refractivity contribution >= 4 is 12.2 Å². The van der Waals surface area contributed by atoms with Crippen molar-refractivity contribution in [3.8, 4) is 11.5 Å². The van der Waals surface area contributed by atoms with Crippen molar-refractivity contribution in [2.75, 3.05) is 6.61 Å². The molecule has 0 aliphatic carbocycles. The summed E-state index contributed by atoms with van der Waals surface area (Å²) in [6.45, 7) is 3.64. The summed E-state index contributed by atoms with van der Waals surface area (Å²) in [4.78, 5) is 4.33. The molecule has 19 heavy (non-hydrogen) atoms. The molecule has 1 fully saturated rings. The summed E-state index contributed by atoms with van der Waals surface area (Å²) in [7, 11) is 0. The normalized spacial score (nSPS) is 22.8. The number of nitrogens with one attached hydrogen (secondary N) is 1. The topological polar surface area (TPSA) is 55.7 Å². The van der Waals surface area contributed by atoms with Crippen molar-refractivity contribution in [1.82, 2.24) is 19.7 Å². The van der Waals surface area contributed by atoms with E-state index in [9.17, 15) is 0 Å². The van der Waals surface area contributed by atoms with Gasteiger partial charge in [-0.15, -0.1) is 0 Å². The average Bonchev–Trinajstić information content (AvgIpc) is 2.99. The number of pyridine rings is 1. The van der Waals surface area contributed by atoms with Gasteiger partial charge >= 0.3 is 0 Å². The Kier molecular flexibility index (Phi) is 3.20. The van der Waals surface area contributed by atoms with Gasteiger partial charge in [-0.05, 0) is 44.1 Å². The molecule has 0 radical (unpaired) electrons. The smallest absolute Gasteiger partial charge is 0.195 e. The van der Waals surface area contributed by atoms with Gasteiger partial charge in [0.25, 0.3) is 0 Å². The minimum absolute atomic E-state index is 0.161. The second-order valence-corrected chi connectivity index (χ2v) is 5.44. The Bertz CT molecular complexity index is 613. The number of aromatic nitrogens is 4. The van der Waals surface area contributed by atoms with Gasteiger partial charge in [-0.3, -0.25) is 14.6 Å². The van der Waals surface area contributed by atoms with Crippen LogP contribution in [0, 0.1) is 4.77 Å². The van der Waals surface area contributed by atoms with Crippen molar-refractivity contribution in [3.05, 3.63) is 29.2 Å². The fourth-order valence-corrected chi connectivity index (χ4v) is 2.65. The molecule has 6 heteroatoms. The van der Waals surface area contributed by atoms with E-state index in [4.69, 9.17) is 17.0 Å². The number of aromatic amines is 1. The van der Waals surface area contributed by atoms with Gasteiger partial charge in [-0.1, -0.05) is 6.07 Å². The van der Waals surface area contributed by atoms with Gasteiger partial charge in [0.15, 0.2) is 10.6 Å². The number of nitrogens with zero attached hydrogens (tertiary/aromatic N) is 3. The van der Waals surface area contributed by atoms with E-state index in [0.29, 0.717) is 11.3 Å². The average molecular weight is 276 g/mol. The monoisotopic (exact) mass is 276 g/mol. The highest BCUT2D eigenvalue weighted by molar-refractivity contribution is 7.71. The predicted octanol–water partition coefficient (Wildman–Crippen LogP) is 2.57. The van der Waals surface area contributed by atoms with Gasteiger partial charge in [0.2, 0.25) is 0 Å². The molecular formula is C13H16N4OS. The quantitative estimate of drug-likeness (QED) is 0.875. The maximum absolute atomic E-state index is 5.83. The minimum Gasteiger partial charge on any atom is -0.373 e. The molecule has 3 rings (SSSR count). The second kappa shape index (κ2) is 4.86. The van der Waals surface area contributed by atoms with Crippen molar-refractivity contribution in [2.45, 2.75) is 31.9 Å². The van der Waals surface area contributed by atoms with Crippen LogP contribution < -0.4 is 0 Å². The summed E-state index contributed by atoms with van der Waals surface area (Å²) < 4.78 is 8.41. The van der Waals surface area contributed by atoms with Crippen LogP contribution in [0.15, 0.2) is 24.4 Å². The van der Waals surface area contributed by atoms with E-state index < -0.39 is 0 Å². The van der Waals surface area contributed by atoms with Gasteiger partial charge in [-0.2, -0.15) is 5.10 Å². The van der Waals surface area contributed by atoms with Crippen LogP contribution in [0.3, 0.4) is 0 Å². The molecule has 2 aromatic rings. The van der Waals surface area contributed by atoms with Crippen LogP contribution in [0.25, 0.3) is 11.5 Å². The van der Waals surface area contributed by atoms with Crippen LogP contribution in [0.1, 0.15) is 19.8 Å². The Morgan fingerprint density at radius 3 is 3.11 bits per heavy atom. The highest BCUT2D eigenvalue weighted by Gasteiger charge is 2.31. The molecule has 1 unspecified atom stereocenters. The van der Waals surface area contributed by atoms with Crippen LogP contribution in [0.2, 0.25) is 0 Å². The van der Waals surface area contributed by atoms with Crippen LogP contribution in [0.4, 0.5) is 0 Å². The van der Waals surface area contributed by atoms with Gasteiger partial charge < -0.3 is 4.74 Å². The second-order valence-electron chi connectivity index (χ2n) is 5.06. The van der Waals surface area contributed by atoms with E-state index in [0.717, 1.165) is 31.0 Å². The molecule has 2 aromatic heterocycles. The van der Waals surface area contributed by atoms with Crippen molar-refractivity contribution in [2.24, 2.45) is 0 Å². The molecule has 100 valence electrons. The number of hydrogen-bond donors (Lipinski definition) is 1. The van der Waals surface area contributed by atoms with E-state index in [1.165, 1.54) is 0 Å². The summed E-state index contributed by atoms with van der Waals surface area (Å²) in [6.07, 6.45) is 3.90. The van der Waals surface area contributed by atoms with E-state index in [-0.39, 0.29) is 5.60 Å². The Hall–Kier alpha value is -1.53. The summed E-state index contributed by atoms with van der Waals surface area (Å²) in [5, 5.41) is 7.13. The summed E-state index contributed by atoms with van der Waals surface area (Å²) in [5.74, 6) is 0.766. The first-order valence-electron chi connectivity index (χ1n) is 6.39. The SMILES string of the molecule is CC1(Cn2c(-c3ccccn3)n[nH]c2=S)CCCO1. The Morgan fingerprint density at radius 1 is 1.53 bits per heavy atom. The Balaban J connectivity index is 1.98. The molecule has 0 bridgehead atoms. The lowest BCUT2D eigenvalue weighted by molar-refractivity contribution is 0.00621.